The van der Waals surface area contributed by atoms with E-state index >= 15 is 0 Å². The lowest BCUT2D eigenvalue weighted by molar-refractivity contribution is -0.119. The van der Waals surface area contributed by atoms with Crippen LogP contribution >= 0.6 is 0 Å². The van der Waals surface area contributed by atoms with Gasteiger partial charge in [-0.25, -0.2) is 0 Å². The lowest BCUT2D eigenvalue weighted by Crippen LogP contribution is -2.24. The topological polar surface area (TPSA) is 29.1 Å². The van der Waals surface area contributed by atoms with Crippen molar-refractivity contribution in [3.63, 3.8) is 0 Å². The molecule has 1 atom stereocenters. The molecule has 0 saturated heterocycles. The molecule has 1 unspecified atom stereocenters. The fraction of sp³-hybridized carbons (Fsp3) is 0.250. The monoisotopic (exact) mass is 187 g/mol. The van der Waals surface area contributed by atoms with E-state index in [0.29, 0.717) is 0 Å². The molecular weight excluding hydrogens is 174 g/mol. The van der Waals surface area contributed by atoms with Crippen molar-refractivity contribution >= 4 is 5.91 Å². The maximum atomic E-state index is 10.9. The Morgan fingerprint density at radius 3 is 2.79 bits per heavy atom. The van der Waals surface area contributed by atoms with E-state index in [0.717, 1.165) is 11.1 Å². The van der Waals surface area contributed by atoms with Gasteiger partial charge in [0.1, 0.15) is 6.04 Å². The minimum Gasteiger partial charge on any atom is -0.339 e. The van der Waals surface area contributed by atoms with E-state index in [9.17, 15) is 4.79 Å². The summed E-state index contributed by atoms with van der Waals surface area (Å²) in [6.07, 6.45) is 5.34. The van der Waals surface area contributed by atoms with E-state index in [1.807, 2.05) is 31.2 Å². The van der Waals surface area contributed by atoms with Gasteiger partial charge in [0.05, 0.1) is 0 Å². The number of rotatable bonds is 2. The van der Waals surface area contributed by atoms with Crippen molar-refractivity contribution in [3.8, 4) is 12.3 Å². The summed E-state index contributed by atoms with van der Waals surface area (Å²) in [5.74, 6) is 2.43. The molecule has 0 fully saturated rings. The van der Waals surface area contributed by atoms with Gasteiger partial charge in [0, 0.05) is 6.92 Å². The van der Waals surface area contributed by atoms with Gasteiger partial charge in [0.2, 0.25) is 5.91 Å². The fourth-order valence-corrected chi connectivity index (χ4v) is 1.27. The summed E-state index contributed by atoms with van der Waals surface area (Å²) < 4.78 is 0. The highest BCUT2D eigenvalue weighted by Gasteiger charge is 2.08. The van der Waals surface area contributed by atoms with E-state index in [1.165, 1.54) is 6.92 Å². The van der Waals surface area contributed by atoms with Crippen LogP contribution in [0.15, 0.2) is 24.3 Å². The minimum atomic E-state index is -0.326. The predicted octanol–water partition coefficient (Wildman–Crippen LogP) is 1.81. The third kappa shape index (κ3) is 2.63. The Labute approximate surface area is 84.3 Å². The predicted molar refractivity (Wildman–Crippen MR) is 56.6 cm³/mol. The van der Waals surface area contributed by atoms with Crippen molar-refractivity contribution in [3.05, 3.63) is 35.4 Å². The van der Waals surface area contributed by atoms with E-state index in [-0.39, 0.29) is 11.9 Å². The number of amides is 1. The Bertz CT molecular complexity index is 376. The molecule has 0 spiro atoms. The van der Waals surface area contributed by atoms with Gasteiger partial charge in [-0.1, -0.05) is 35.7 Å². The molecule has 0 saturated carbocycles. The Hall–Kier alpha value is -1.75. The van der Waals surface area contributed by atoms with Gasteiger partial charge in [-0.2, -0.15) is 0 Å². The smallest absolute Gasteiger partial charge is 0.218 e. The average Bonchev–Trinajstić information content (AvgIpc) is 2.14. The summed E-state index contributed by atoms with van der Waals surface area (Å²) in [5, 5.41) is 2.70. The highest BCUT2D eigenvalue weighted by Crippen LogP contribution is 2.13. The zero-order chi connectivity index (χ0) is 10.6. The molecule has 0 aliphatic rings. The van der Waals surface area contributed by atoms with Crippen molar-refractivity contribution < 1.29 is 4.79 Å². The Kier molecular flexibility index (Phi) is 3.30. The van der Waals surface area contributed by atoms with Crippen molar-refractivity contribution in [1.29, 1.82) is 0 Å². The zero-order valence-electron chi connectivity index (χ0n) is 8.37. The maximum absolute atomic E-state index is 10.9. The minimum absolute atomic E-state index is 0.116. The Morgan fingerprint density at radius 2 is 2.29 bits per heavy atom. The Balaban J connectivity index is 2.90. The summed E-state index contributed by atoms with van der Waals surface area (Å²) in [7, 11) is 0. The van der Waals surface area contributed by atoms with E-state index in [4.69, 9.17) is 6.42 Å². The number of hydrogen-bond acceptors (Lipinski definition) is 1. The highest BCUT2D eigenvalue weighted by molar-refractivity contribution is 5.74. The van der Waals surface area contributed by atoms with Gasteiger partial charge in [-0.15, -0.1) is 6.42 Å². The number of carbonyl (C=O) groups excluding carboxylic acids is 1. The summed E-state index contributed by atoms with van der Waals surface area (Å²) in [6, 6.07) is 7.47. The fourth-order valence-electron chi connectivity index (χ4n) is 1.27. The SMILES string of the molecule is C#CC(NC(C)=O)c1cccc(C)c1. The second-order valence-corrected chi connectivity index (χ2v) is 3.21. The van der Waals surface area contributed by atoms with Crippen molar-refractivity contribution in [2.24, 2.45) is 0 Å². The van der Waals surface area contributed by atoms with Crippen molar-refractivity contribution in [2.45, 2.75) is 19.9 Å². The van der Waals surface area contributed by atoms with E-state index < -0.39 is 0 Å². The van der Waals surface area contributed by atoms with Crippen LogP contribution in [0.3, 0.4) is 0 Å². The number of carbonyl (C=O) groups is 1. The molecule has 1 amide bonds. The molecule has 0 aromatic heterocycles. The van der Waals surface area contributed by atoms with E-state index in [1.54, 1.807) is 0 Å². The first-order valence-corrected chi connectivity index (χ1v) is 4.43. The molecule has 1 N–H and O–H groups in total. The second kappa shape index (κ2) is 4.48. The van der Waals surface area contributed by atoms with Crippen LogP contribution in [0.5, 0.6) is 0 Å². The molecule has 72 valence electrons. The molecule has 0 aliphatic carbocycles. The number of aryl methyl sites for hydroxylation is 1. The van der Waals surface area contributed by atoms with Crippen LogP contribution < -0.4 is 5.32 Å². The quantitative estimate of drug-likeness (QED) is 0.703. The van der Waals surface area contributed by atoms with Crippen LogP contribution in [-0.2, 0) is 4.79 Å². The molecular formula is C12H13NO. The summed E-state index contributed by atoms with van der Waals surface area (Å²) >= 11 is 0. The van der Waals surface area contributed by atoms with Gasteiger partial charge < -0.3 is 5.32 Å². The standard InChI is InChI=1S/C12H13NO/c1-4-12(13-10(3)14)11-7-5-6-9(2)8-11/h1,5-8,12H,2-3H3,(H,13,14). The molecule has 0 radical (unpaired) electrons. The molecule has 0 aliphatic heterocycles. The lowest BCUT2D eigenvalue weighted by atomic mass is 10.1. The first-order chi connectivity index (χ1) is 6.63. The van der Waals surface area contributed by atoms with Gasteiger partial charge in [0.25, 0.3) is 0 Å². The molecule has 1 aromatic carbocycles. The number of benzene rings is 1. The average molecular weight is 187 g/mol. The van der Waals surface area contributed by atoms with Gasteiger partial charge in [0.15, 0.2) is 0 Å². The number of hydrogen-bond donors (Lipinski definition) is 1. The molecule has 0 bridgehead atoms. The second-order valence-electron chi connectivity index (χ2n) is 3.21. The third-order valence-electron chi connectivity index (χ3n) is 1.89. The van der Waals surface area contributed by atoms with Crippen LogP contribution in [0.2, 0.25) is 0 Å². The molecule has 14 heavy (non-hydrogen) atoms. The van der Waals surface area contributed by atoms with Crippen LogP contribution in [0.4, 0.5) is 0 Å². The summed E-state index contributed by atoms with van der Waals surface area (Å²) in [4.78, 5) is 10.9. The highest BCUT2D eigenvalue weighted by atomic mass is 16.1. The van der Waals surface area contributed by atoms with Crippen LogP contribution in [0.25, 0.3) is 0 Å². The van der Waals surface area contributed by atoms with E-state index in [2.05, 4.69) is 11.2 Å². The molecule has 1 rings (SSSR count). The van der Waals surface area contributed by atoms with Crippen LogP contribution in [-0.4, -0.2) is 5.91 Å². The largest absolute Gasteiger partial charge is 0.339 e. The molecule has 2 heteroatoms. The Morgan fingerprint density at radius 1 is 1.57 bits per heavy atom. The van der Waals surface area contributed by atoms with Gasteiger partial charge in [-0.3, -0.25) is 4.79 Å². The first-order valence-electron chi connectivity index (χ1n) is 4.43. The molecule has 0 heterocycles. The zero-order valence-corrected chi connectivity index (χ0v) is 8.37. The first kappa shape index (κ1) is 10.3. The maximum Gasteiger partial charge on any atom is 0.218 e. The summed E-state index contributed by atoms with van der Waals surface area (Å²) in [6.45, 7) is 3.45. The van der Waals surface area contributed by atoms with Gasteiger partial charge in [-0.05, 0) is 12.5 Å². The number of terminal acetylenes is 1. The molecule has 1 aromatic rings. The molecule has 2 nitrogen and oxygen atoms in total. The summed E-state index contributed by atoms with van der Waals surface area (Å²) in [5.41, 5.74) is 2.08. The van der Waals surface area contributed by atoms with Crippen molar-refractivity contribution in [1.82, 2.24) is 5.32 Å². The van der Waals surface area contributed by atoms with Crippen LogP contribution in [0, 0.1) is 19.3 Å². The van der Waals surface area contributed by atoms with Crippen LogP contribution in [0.1, 0.15) is 24.1 Å². The third-order valence-corrected chi connectivity index (χ3v) is 1.89. The van der Waals surface area contributed by atoms with Gasteiger partial charge >= 0.3 is 0 Å². The normalized spacial score (nSPS) is 11.5. The lowest BCUT2D eigenvalue weighted by Gasteiger charge is -2.12. The number of nitrogens with one attached hydrogen (secondary N) is 1. The van der Waals surface area contributed by atoms with Crippen molar-refractivity contribution in [2.75, 3.05) is 0 Å².